The van der Waals surface area contributed by atoms with Crippen LogP contribution in [0.25, 0.3) is 0 Å². The van der Waals surface area contributed by atoms with Gasteiger partial charge in [0.05, 0.1) is 5.60 Å². The van der Waals surface area contributed by atoms with Gasteiger partial charge in [0.15, 0.2) is 0 Å². The van der Waals surface area contributed by atoms with E-state index in [2.05, 4.69) is 25.6 Å². The third kappa shape index (κ3) is 4.18. The first kappa shape index (κ1) is 12.5. The van der Waals surface area contributed by atoms with Crippen LogP contribution in [0.3, 0.4) is 0 Å². The average molecular weight is 224 g/mol. The zero-order chi connectivity index (χ0) is 11.3. The third-order valence-corrected chi connectivity index (χ3v) is 3.74. The van der Waals surface area contributed by atoms with E-state index in [1.54, 1.807) is 0 Å². The highest BCUT2D eigenvalue weighted by Crippen LogP contribution is 2.24. The van der Waals surface area contributed by atoms with Gasteiger partial charge in [0.1, 0.15) is 0 Å². The molecule has 0 amide bonds. The van der Waals surface area contributed by atoms with Gasteiger partial charge in [-0.05, 0) is 38.3 Å². The molecule has 1 atom stereocenters. The molecule has 1 nitrogen and oxygen atoms in total. The van der Waals surface area contributed by atoms with E-state index in [-0.39, 0.29) is 0 Å². The highest BCUT2D eigenvalue weighted by Gasteiger charge is 2.20. The maximum absolute atomic E-state index is 10.1. The van der Waals surface area contributed by atoms with E-state index in [1.807, 2.05) is 24.3 Å². The number of aliphatic hydroxyl groups is 1. The van der Waals surface area contributed by atoms with Crippen molar-refractivity contribution < 1.29 is 5.11 Å². The molecule has 0 aromatic carbocycles. The molecule has 1 rings (SSSR count). The van der Waals surface area contributed by atoms with Crippen molar-refractivity contribution in [2.24, 2.45) is 0 Å². The van der Waals surface area contributed by atoms with E-state index in [4.69, 9.17) is 0 Å². The topological polar surface area (TPSA) is 20.2 Å². The lowest BCUT2D eigenvalue weighted by Crippen LogP contribution is -2.26. The second kappa shape index (κ2) is 5.47. The number of thiophene rings is 1. The first-order valence-corrected chi connectivity index (χ1v) is 6.30. The molecule has 0 aliphatic heterocycles. The van der Waals surface area contributed by atoms with Gasteiger partial charge in [-0.25, -0.2) is 0 Å². The Morgan fingerprint density at radius 3 is 2.67 bits per heavy atom. The molecule has 1 heterocycles. The van der Waals surface area contributed by atoms with E-state index in [0.717, 1.165) is 25.7 Å². The number of allylic oxidation sites excluding steroid dienone is 1. The van der Waals surface area contributed by atoms with Crippen LogP contribution in [0.5, 0.6) is 0 Å². The molecular formula is C13H20OS. The Hall–Kier alpha value is -0.600. The first-order chi connectivity index (χ1) is 7.07. The summed E-state index contributed by atoms with van der Waals surface area (Å²) in [7, 11) is 0. The van der Waals surface area contributed by atoms with Crippen LogP contribution in [0.15, 0.2) is 24.8 Å². The van der Waals surface area contributed by atoms with Crippen LogP contribution < -0.4 is 0 Å². The maximum Gasteiger partial charge on any atom is 0.0670 e. The van der Waals surface area contributed by atoms with Gasteiger partial charge in [0, 0.05) is 16.2 Å². The lowest BCUT2D eigenvalue weighted by atomic mass is 9.95. The van der Waals surface area contributed by atoms with Gasteiger partial charge >= 0.3 is 0 Å². The smallest absolute Gasteiger partial charge is 0.0670 e. The van der Waals surface area contributed by atoms with Gasteiger partial charge in [-0.1, -0.05) is 13.0 Å². The second-order valence-electron chi connectivity index (χ2n) is 4.22. The van der Waals surface area contributed by atoms with Gasteiger partial charge in [0.2, 0.25) is 0 Å². The summed E-state index contributed by atoms with van der Waals surface area (Å²) in [5.41, 5.74) is -0.593. The summed E-state index contributed by atoms with van der Waals surface area (Å²) in [4.78, 5) is 2.67. The Labute approximate surface area is 96.5 Å². The largest absolute Gasteiger partial charge is 0.390 e. The molecule has 0 saturated carbocycles. The fraction of sp³-hybridized carbons (Fsp3) is 0.538. The molecule has 0 radical (unpaired) electrons. The second-order valence-corrected chi connectivity index (χ2v) is 5.48. The van der Waals surface area contributed by atoms with Crippen molar-refractivity contribution in [2.75, 3.05) is 0 Å². The van der Waals surface area contributed by atoms with E-state index < -0.39 is 5.60 Å². The molecule has 15 heavy (non-hydrogen) atoms. The Bertz CT molecular complexity index is 312. The van der Waals surface area contributed by atoms with Gasteiger partial charge in [-0.3, -0.25) is 0 Å². The van der Waals surface area contributed by atoms with Crippen molar-refractivity contribution in [3.63, 3.8) is 0 Å². The summed E-state index contributed by atoms with van der Waals surface area (Å²) in [6.45, 7) is 7.74. The number of aryl methyl sites for hydroxylation is 1. The number of hydrogen-bond donors (Lipinski definition) is 1. The average Bonchev–Trinajstić information content (AvgIpc) is 2.62. The molecule has 2 heteroatoms. The normalized spacial score (nSPS) is 14.9. The molecule has 0 fully saturated rings. The highest BCUT2D eigenvalue weighted by atomic mass is 32.1. The van der Waals surface area contributed by atoms with Crippen molar-refractivity contribution >= 4 is 11.3 Å². The summed E-state index contributed by atoms with van der Waals surface area (Å²) >= 11 is 1.81. The van der Waals surface area contributed by atoms with Gasteiger partial charge in [0.25, 0.3) is 0 Å². The first-order valence-electron chi connectivity index (χ1n) is 5.48. The van der Waals surface area contributed by atoms with E-state index in [0.29, 0.717) is 0 Å². The zero-order valence-corrected chi connectivity index (χ0v) is 10.4. The molecule has 0 aliphatic rings. The molecule has 1 N–H and O–H groups in total. The van der Waals surface area contributed by atoms with Crippen LogP contribution in [-0.4, -0.2) is 10.7 Å². The summed E-state index contributed by atoms with van der Waals surface area (Å²) in [6, 6.07) is 4.29. The molecule has 84 valence electrons. The molecular weight excluding hydrogens is 204 g/mol. The van der Waals surface area contributed by atoms with Crippen LogP contribution in [0.2, 0.25) is 0 Å². The van der Waals surface area contributed by atoms with Crippen LogP contribution in [0.4, 0.5) is 0 Å². The van der Waals surface area contributed by atoms with Crippen LogP contribution in [0, 0.1) is 0 Å². The van der Waals surface area contributed by atoms with Gasteiger partial charge < -0.3 is 5.11 Å². The minimum Gasteiger partial charge on any atom is -0.390 e. The molecule has 1 unspecified atom stereocenters. The summed E-state index contributed by atoms with van der Waals surface area (Å²) in [5.74, 6) is 0. The monoisotopic (exact) mass is 224 g/mol. The fourth-order valence-corrected chi connectivity index (χ4v) is 2.72. The van der Waals surface area contributed by atoms with Crippen LogP contribution >= 0.6 is 11.3 Å². The quantitative estimate of drug-likeness (QED) is 0.732. The SMILES string of the molecule is C=CCCC(C)(O)Cc1ccc(CC)s1. The molecule has 0 bridgehead atoms. The Kier molecular flexibility index (Phi) is 4.55. The van der Waals surface area contributed by atoms with E-state index in [9.17, 15) is 5.11 Å². The van der Waals surface area contributed by atoms with Crippen LogP contribution in [-0.2, 0) is 12.8 Å². The highest BCUT2D eigenvalue weighted by molar-refractivity contribution is 7.12. The predicted molar refractivity (Wildman–Crippen MR) is 67.5 cm³/mol. The van der Waals surface area contributed by atoms with Gasteiger partial charge in [-0.15, -0.1) is 17.9 Å². The zero-order valence-electron chi connectivity index (χ0n) is 9.62. The maximum atomic E-state index is 10.1. The molecule has 0 spiro atoms. The Morgan fingerprint density at radius 2 is 2.13 bits per heavy atom. The molecule has 1 aromatic rings. The minimum atomic E-state index is -0.593. The van der Waals surface area contributed by atoms with Crippen molar-refractivity contribution in [3.05, 3.63) is 34.5 Å². The molecule has 1 aromatic heterocycles. The van der Waals surface area contributed by atoms with E-state index >= 15 is 0 Å². The predicted octanol–water partition coefficient (Wildman–Crippen LogP) is 3.57. The van der Waals surface area contributed by atoms with Crippen molar-refractivity contribution in [3.8, 4) is 0 Å². The van der Waals surface area contributed by atoms with Crippen molar-refractivity contribution in [1.82, 2.24) is 0 Å². The lowest BCUT2D eigenvalue weighted by molar-refractivity contribution is 0.0531. The van der Waals surface area contributed by atoms with E-state index in [1.165, 1.54) is 9.75 Å². The third-order valence-electron chi connectivity index (χ3n) is 2.51. The summed E-state index contributed by atoms with van der Waals surface area (Å²) in [5, 5.41) is 10.1. The fourth-order valence-electron chi connectivity index (χ4n) is 1.58. The van der Waals surface area contributed by atoms with Crippen molar-refractivity contribution in [1.29, 1.82) is 0 Å². The molecule has 0 aliphatic carbocycles. The van der Waals surface area contributed by atoms with Gasteiger partial charge in [-0.2, -0.15) is 0 Å². The molecule has 0 saturated heterocycles. The van der Waals surface area contributed by atoms with Crippen molar-refractivity contribution in [2.45, 2.75) is 45.1 Å². The number of rotatable bonds is 6. The summed E-state index contributed by atoms with van der Waals surface area (Å²) in [6.07, 6.45) is 5.36. The Balaban J connectivity index is 2.55. The standard InChI is InChI=1S/C13H20OS/c1-4-6-9-13(3,14)10-12-8-7-11(5-2)15-12/h4,7-8,14H,1,5-6,9-10H2,2-3H3. The minimum absolute atomic E-state index is 0.593. The summed E-state index contributed by atoms with van der Waals surface area (Å²) < 4.78 is 0. The Morgan fingerprint density at radius 1 is 1.47 bits per heavy atom. The van der Waals surface area contributed by atoms with Crippen LogP contribution in [0.1, 0.15) is 36.4 Å². The lowest BCUT2D eigenvalue weighted by Gasteiger charge is -2.21. The number of hydrogen-bond acceptors (Lipinski definition) is 2.